The standard InChI is InChI=1S/C9H28O5Si4/c1-11-18(9,13-16(5,6)7)14-17(8,10)12-15(2,3)4/h10H,1-9H3. The van der Waals surface area contributed by atoms with Crippen LogP contribution in [0.3, 0.4) is 0 Å². The van der Waals surface area contributed by atoms with E-state index >= 15 is 0 Å². The molecule has 0 fully saturated rings. The van der Waals surface area contributed by atoms with Crippen molar-refractivity contribution in [1.82, 2.24) is 0 Å². The quantitative estimate of drug-likeness (QED) is 0.728. The van der Waals surface area contributed by atoms with Gasteiger partial charge in [-0.3, -0.25) is 0 Å². The minimum Gasteiger partial charge on any atom is -0.417 e. The van der Waals surface area contributed by atoms with Crippen molar-refractivity contribution in [3.05, 3.63) is 0 Å². The molecule has 0 bridgehead atoms. The van der Waals surface area contributed by atoms with Gasteiger partial charge in [0.2, 0.25) is 0 Å². The molecule has 0 aliphatic rings. The molecule has 0 spiro atoms. The molecule has 0 aromatic heterocycles. The first-order valence-electron chi connectivity index (χ1n) is 6.06. The van der Waals surface area contributed by atoms with Gasteiger partial charge >= 0.3 is 17.6 Å². The van der Waals surface area contributed by atoms with Crippen molar-refractivity contribution in [1.29, 1.82) is 0 Å². The van der Waals surface area contributed by atoms with Crippen molar-refractivity contribution in [2.45, 2.75) is 52.4 Å². The molecule has 0 heterocycles. The van der Waals surface area contributed by atoms with Gasteiger partial charge in [-0.25, -0.2) is 0 Å². The van der Waals surface area contributed by atoms with Crippen LogP contribution in [0.4, 0.5) is 0 Å². The molecule has 0 radical (unpaired) electrons. The van der Waals surface area contributed by atoms with Gasteiger partial charge < -0.3 is 21.6 Å². The summed E-state index contributed by atoms with van der Waals surface area (Å²) >= 11 is 0. The van der Waals surface area contributed by atoms with E-state index < -0.39 is 34.2 Å². The molecule has 0 saturated carbocycles. The average molecular weight is 329 g/mol. The molecule has 110 valence electrons. The van der Waals surface area contributed by atoms with Crippen LogP contribution in [0.25, 0.3) is 0 Å². The Labute approximate surface area is 115 Å². The third-order valence-electron chi connectivity index (χ3n) is 1.73. The van der Waals surface area contributed by atoms with Crippen molar-refractivity contribution in [2.75, 3.05) is 7.11 Å². The van der Waals surface area contributed by atoms with Crippen molar-refractivity contribution in [3.8, 4) is 0 Å². The van der Waals surface area contributed by atoms with Crippen molar-refractivity contribution in [3.63, 3.8) is 0 Å². The second-order valence-corrected chi connectivity index (χ2v) is 21.3. The molecule has 0 aliphatic carbocycles. The van der Waals surface area contributed by atoms with E-state index in [4.69, 9.17) is 16.8 Å². The fraction of sp³-hybridized carbons (Fsp3) is 1.00. The number of hydrogen-bond acceptors (Lipinski definition) is 5. The maximum Gasteiger partial charge on any atom is 0.479 e. The lowest BCUT2D eigenvalue weighted by Gasteiger charge is -2.37. The van der Waals surface area contributed by atoms with Crippen LogP contribution in [0.15, 0.2) is 0 Å². The van der Waals surface area contributed by atoms with Gasteiger partial charge in [-0.05, 0) is 39.3 Å². The summed E-state index contributed by atoms with van der Waals surface area (Å²) in [5.74, 6) is 0. The predicted octanol–water partition coefficient (Wildman–Crippen LogP) is 2.48. The smallest absolute Gasteiger partial charge is 0.417 e. The van der Waals surface area contributed by atoms with Crippen molar-refractivity contribution >= 4 is 34.2 Å². The summed E-state index contributed by atoms with van der Waals surface area (Å²) in [5.41, 5.74) is 0. The normalized spacial score (nSPS) is 20.3. The topological polar surface area (TPSA) is 57.2 Å². The largest absolute Gasteiger partial charge is 0.479 e. The monoisotopic (exact) mass is 328 g/mol. The summed E-state index contributed by atoms with van der Waals surface area (Å²) < 4.78 is 22.9. The van der Waals surface area contributed by atoms with E-state index in [0.717, 1.165) is 0 Å². The summed E-state index contributed by atoms with van der Waals surface area (Å²) in [6, 6.07) is 0. The molecular weight excluding hydrogens is 300 g/mol. The van der Waals surface area contributed by atoms with Gasteiger partial charge in [0.1, 0.15) is 0 Å². The van der Waals surface area contributed by atoms with Crippen LogP contribution in [-0.4, -0.2) is 46.1 Å². The van der Waals surface area contributed by atoms with Gasteiger partial charge in [0, 0.05) is 20.2 Å². The fourth-order valence-corrected chi connectivity index (χ4v) is 15.1. The Bertz CT molecular complexity index is 273. The Morgan fingerprint density at radius 2 is 1.06 bits per heavy atom. The molecule has 0 amide bonds. The maximum atomic E-state index is 10.3. The SMILES string of the molecule is CO[Si](C)(O[Si](C)(C)C)O[Si](C)(O)O[Si](C)(C)C. The molecule has 0 rings (SSSR count). The van der Waals surface area contributed by atoms with E-state index in [2.05, 4.69) is 19.6 Å². The molecule has 0 aromatic carbocycles. The predicted molar refractivity (Wildman–Crippen MR) is 82.4 cm³/mol. The van der Waals surface area contributed by atoms with Crippen LogP contribution in [0.2, 0.25) is 52.4 Å². The lowest BCUT2D eigenvalue weighted by Crippen LogP contribution is -2.59. The summed E-state index contributed by atoms with van der Waals surface area (Å²) in [4.78, 5) is 10.3. The molecule has 9 heteroatoms. The zero-order valence-corrected chi connectivity index (χ0v) is 17.1. The van der Waals surface area contributed by atoms with E-state index in [1.807, 2.05) is 19.6 Å². The number of rotatable bonds is 7. The second-order valence-electron chi connectivity index (χ2n) is 6.50. The zero-order chi connectivity index (χ0) is 14.8. The van der Waals surface area contributed by atoms with E-state index in [0.29, 0.717) is 0 Å². The first kappa shape index (κ1) is 18.7. The molecule has 2 atom stereocenters. The third-order valence-corrected chi connectivity index (χ3v) is 13.4. The highest BCUT2D eigenvalue weighted by molar-refractivity contribution is 6.85. The molecule has 0 aliphatic heterocycles. The van der Waals surface area contributed by atoms with Gasteiger partial charge in [0.05, 0.1) is 0 Å². The molecule has 5 nitrogen and oxygen atoms in total. The van der Waals surface area contributed by atoms with Crippen molar-refractivity contribution < 1.29 is 21.6 Å². The molecule has 0 aromatic rings. The van der Waals surface area contributed by atoms with Crippen LogP contribution in [0, 0.1) is 0 Å². The van der Waals surface area contributed by atoms with Crippen LogP contribution in [0.5, 0.6) is 0 Å². The lowest BCUT2D eigenvalue weighted by atomic mass is 11.8. The fourth-order valence-electron chi connectivity index (χ4n) is 1.59. The lowest BCUT2D eigenvalue weighted by molar-refractivity contribution is 0.153. The Morgan fingerprint density at radius 3 is 1.33 bits per heavy atom. The summed E-state index contributed by atoms with van der Waals surface area (Å²) in [7, 11) is -8.11. The van der Waals surface area contributed by atoms with Crippen LogP contribution in [-0.2, 0) is 16.8 Å². The first-order chi connectivity index (χ1) is 7.68. The van der Waals surface area contributed by atoms with Gasteiger partial charge in [0.15, 0.2) is 16.6 Å². The van der Waals surface area contributed by atoms with Crippen LogP contribution < -0.4 is 0 Å². The van der Waals surface area contributed by atoms with Gasteiger partial charge in [-0.1, -0.05) is 0 Å². The highest BCUT2D eigenvalue weighted by atomic mass is 28.5. The first-order valence-corrected chi connectivity index (χ1v) is 17.4. The maximum absolute atomic E-state index is 10.3. The van der Waals surface area contributed by atoms with E-state index in [-0.39, 0.29) is 0 Å². The molecule has 1 N–H and O–H groups in total. The Hall–Kier alpha value is 0.668. The summed E-state index contributed by atoms with van der Waals surface area (Å²) in [5, 5.41) is 0. The molecular formula is C9H28O5Si4. The van der Waals surface area contributed by atoms with E-state index in [1.54, 1.807) is 20.2 Å². The second kappa shape index (κ2) is 5.97. The minimum absolute atomic E-state index is 1.56. The van der Waals surface area contributed by atoms with Gasteiger partial charge in [-0.15, -0.1) is 0 Å². The van der Waals surface area contributed by atoms with Crippen LogP contribution >= 0.6 is 0 Å². The molecule has 2 unspecified atom stereocenters. The summed E-state index contributed by atoms with van der Waals surface area (Å²) in [6.07, 6.45) is 0. The Kier molecular flexibility index (Phi) is 6.19. The van der Waals surface area contributed by atoms with E-state index in [9.17, 15) is 4.80 Å². The highest BCUT2D eigenvalue weighted by Gasteiger charge is 2.48. The third kappa shape index (κ3) is 8.71. The summed E-state index contributed by atoms with van der Waals surface area (Å²) in [6.45, 7) is 15.7. The highest BCUT2D eigenvalue weighted by Crippen LogP contribution is 2.22. The van der Waals surface area contributed by atoms with E-state index in [1.165, 1.54) is 0 Å². The minimum atomic E-state index is -3.20. The van der Waals surface area contributed by atoms with Gasteiger partial charge in [-0.2, -0.15) is 0 Å². The Morgan fingerprint density at radius 1 is 0.667 bits per heavy atom. The number of hydrogen-bond donors (Lipinski definition) is 1. The van der Waals surface area contributed by atoms with Gasteiger partial charge in [0.25, 0.3) is 0 Å². The van der Waals surface area contributed by atoms with Crippen molar-refractivity contribution in [2.24, 2.45) is 0 Å². The molecule has 0 saturated heterocycles. The average Bonchev–Trinajstić information content (AvgIpc) is 1.93. The van der Waals surface area contributed by atoms with Crippen LogP contribution in [0.1, 0.15) is 0 Å². The molecule has 18 heavy (non-hydrogen) atoms. The Balaban J connectivity index is 4.80. The zero-order valence-electron chi connectivity index (χ0n) is 13.1.